The molecule has 0 saturated carbocycles. The molecule has 14 heavy (non-hydrogen) atoms. The second-order valence-electron chi connectivity index (χ2n) is 2.00. The summed E-state index contributed by atoms with van der Waals surface area (Å²) >= 11 is 0. The standard InChI is InChI=1S/2C5H9N.2U/c2*1-3-4-5-6-2;;/h4-5H,1,3H2,2H3;1,3H,4-5H2,2H3;;/q2*-2;2*+2. The van der Waals surface area contributed by atoms with Crippen LogP contribution in [0.4, 0.5) is 0 Å². The minimum Gasteiger partial charge on any atom is -0.693 e. The van der Waals surface area contributed by atoms with E-state index < -0.39 is 0 Å². The van der Waals surface area contributed by atoms with Crippen molar-refractivity contribution in [2.75, 3.05) is 20.6 Å². The van der Waals surface area contributed by atoms with Crippen molar-refractivity contribution in [1.82, 2.24) is 0 Å². The van der Waals surface area contributed by atoms with Crippen molar-refractivity contribution in [1.29, 1.82) is 0 Å². The van der Waals surface area contributed by atoms with E-state index >= 15 is 0 Å². The van der Waals surface area contributed by atoms with Crippen LogP contribution in [0.2, 0.25) is 0 Å². The summed E-state index contributed by atoms with van der Waals surface area (Å²) in [7, 11) is 3.52. The van der Waals surface area contributed by atoms with Crippen LogP contribution in [0.5, 0.6) is 0 Å². The van der Waals surface area contributed by atoms with Crippen LogP contribution in [-0.4, -0.2) is 20.6 Å². The van der Waals surface area contributed by atoms with Gasteiger partial charge in [0.25, 0.3) is 0 Å². The summed E-state index contributed by atoms with van der Waals surface area (Å²) in [5.41, 5.74) is 0. The summed E-state index contributed by atoms with van der Waals surface area (Å²) in [6.45, 7) is 9.46. The third-order valence-electron chi connectivity index (χ3n) is 0.941. The Balaban J connectivity index is -0.0000000625. The maximum atomic E-state index is 5.03. The van der Waals surface area contributed by atoms with Crippen molar-refractivity contribution in [2.45, 2.75) is 12.8 Å². The molecule has 0 spiro atoms. The van der Waals surface area contributed by atoms with Gasteiger partial charge in [0.1, 0.15) is 0 Å². The van der Waals surface area contributed by atoms with Crippen LogP contribution in [0.15, 0.2) is 18.4 Å². The molecule has 0 aromatic heterocycles. The average Bonchev–Trinajstić information content (AvgIpc) is 2.12. The summed E-state index contributed by atoms with van der Waals surface area (Å²) in [6.07, 6.45) is 6.99. The Hall–Kier alpha value is 1.34. The minimum atomic E-state index is 0. The average molecular weight is 642 g/mol. The number of nitrogens with zero attached hydrogens (tertiary/aromatic N) is 2. The Bertz CT molecular complexity index is 100. The van der Waals surface area contributed by atoms with E-state index in [1.165, 1.54) is 0 Å². The van der Waals surface area contributed by atoms with Gasteiger partial charge >= 0.3 is 62.2 Å². The van der Waals surface area contributed by atoms with Crippen molar-refractivity contribution in [3.05, 3.63) is 42.5 Å². The van der Waals surface area contributed by atoms with E-state index in [1.807, 2.05) is 6.08 Å². The van der Waals surface area contributed by atoms with Crippen LogP contribution in [0.3, 0.4) is 0 Å². The molecule has 0 amide bonds. The molecule has 0 radical (unpaired) electrons. The molecule has 0 bridgehead atoms. The number of hydrogen-bond donors (Lipinski definition) is 0. The van der Waals surface area contributed by atoms with Gasteiger partial charge in [-0.3, -0.25) is 6.08 Å². The molecule has 0 saturated heterocycles. The summed E-state index contributed by atoms with van der Waals surface area (Å²) in [4.78, 5) is 0. The molecule has 0 aliphatic heterocycles. The van der Waals surface area contributed by atoms with E-state index in [4.69, 9.17) is 6.58 Å². The van der Waals surface area contributed by atoms with Crippen LogP contribution >= 0.6 is 0 Å². The maximum Gasteiger partial charge on any atom is 2.00 e. The fourth-order valence-electron chi connectivity index (χ4n) is 0.384. The SMILES string of the molecule is [CH-]=CCC[N-]C.[CH2-]CC=C[N-]C.[U+2].[U+2]. The second kappa shape index (κ2) is 29.3. The monoisotopic (exact) mass is 642 g/mol. The van der Waals surface area contributed by atoms with E-state index in [9.17, 15) is 0 Å². The van der Waals surface area contributed by atoms with Gasteiger partial charge in [-0.1, -0.05) is 6.42 Å². The molecule has 0 atom stereocenters. The number of hydrogen-bond acceptors (Lipinski definition) is 0. The molecule has 0 fully saturated rings. The van der Waals surface area contributed by atoms with Gasteiger partial charge in [0.05, 0.1) is 0 Å². The maximum absolute atomic E-state index is 5.03. The molecule has 0 unspecified atom stereocenters. The third-order valence-corrected chi connectivity index (χ3v) is 0.941. The van der Waals surface area contributed by atoms with Crippen LogP contribution in [0, 0.1) is 75.7 Å². The largest absolute Gasteiger partial charge is 2.00 e. The smallest absolute Gasteiger partial charge is 0.693 e. The molecule has 4 heteroatoms. The summed E-state index contributed by atoms with van der Waals surface area (Å²) < 4.78 is 0. The fraction of sp³-hybridized carbons (Fsp3) is 0.500. The van der Waals surface area contributed by atoms with Crippen LogP contribution in [0.1, 0.15) is 12.8 Å². The summed E-state index contributed by atoms with van der Waals surface area (Å²) in [6, 6.07) is 0. The molecule has 76 valence electrons. The molecule has 2 nitrogen and oxygen atoms in total. The van der Waals surface area contributed by atoms with Gasteiger partial charge in [-0.05, 0) is 0 Å². The van der Waals surface area contributed by atoms with Crippen molar-refractivity contribution >= 4 is 0 Å². The molecule has 0 rings (SSSR count). The van der Waals surface area contributed by atoms with Crippen LogP contribution in [0.25, 0.3) is 10.6 Å². The van der Waals surface area contributed by atoms with Crippen molar-refractivity contribution in [3.63, 3.8) is 0 Å². The van der Waals surface area contributed by atoms with Crippen molar-refractivity contribution < 1.29 is 62.2 Å². The van der Waals surface area contributed by atoms with Crippen LogP contribution in [-0.2, 0) is 0 Å². The Kier molecular flexibility index (Phi) is 51.3. The van der Waals surface area contributed by atoms with E-state index in [0.717, 1.165) is 19.4 Å². The first-order valence-electron chi connectivity index (χ1n) is 3.95. The molecule has 0 N–H and O–H groups in total. The van der Waals surface area contributed by atoms with Gasteiger partial charge in [-0.2, -0.15) is 19.7 Å². The summed E-state index contributed by atoms with van der Waals surface area (Å²) in [5, 5.41) is 7.52. The first kappa shape index (κ1) is 24.5. The van der Waals surface area contributed by atoms with Gasteiger partial charge in [-0.25, -0.2) is 0 Å². The zero-order valence-electron chi connectivity index (χ0n) is 9.03. The van der Waals surface area contributed by atoms with E-state index in [2.05, 4.69) is 17.6 Å². The predicted molar refractivity (Wildman–Crippen MR) is 56.0 cm³/mol. The topological polar surface area (TPSA) is 28.2 Å². The molecular formula is C10H18N2U2. The fourth-order valence-corrected chi connectivity index (χ4v) is 0.384. The second-order valence-corrected chi connectivity index (χ2v) is 2.00. The van der Waals surface area contributed by atoms with Gasteiger partial charge in [0.2, 0.25) is 0 Å². The van der Waals surface area contributed by atoms with Gasteiger partial charge in [0, 0.05) is 0 Å². The van der Waals surface area contributed by atoms with E-state index in [0.29, 0.717) is 0 Å². The molecule has 0 aliphatic carbocycles. The van der Waals surface area contributed by atoms with Gasteiger partial charge in [0.15, 0.2) is 0 Å². The molecule has 0 aliphatic rings. The normalized spacial score (nSPS) is 7.64. The van der Waals surface area contributed by atoms with Gasteiger partial charge < -0.3 is 24.1 Å². The zero-order valence-corrected chi connectivity index (χ0v) is 17.4. The third kappa shape index (κ3) is 37.7. The Labute approximate surface area is 137 Å². The molecular weight excluding hydrogens is 624 g/mol. The predicted octanol–water partition coefficient (Wildman–Crippen LogP) is 3.10. The molecule has 0 aromatic carbocycles. The van der Waals surface area contributed by atoms with Crippen molar-refractivity contribution in [3.8, 4) is 0 Å². The Morgan fingerprint density at radius 2 is 1.86 bits per heavy atom. The first-order chi connectivity index (χ1) is 5.83. The van der Waals surface area contributed by atoms with E-state index in [1.54, 1.807) is 26.4 Å². The minimum absolute atomic E-state index is 0. The Morgan fingerprint density at radius 3 is 2.00 bits per heavy atom. The number of rotatable bonds is 5. The summed E-state index contributed by atoms with van der Waals surface area (Å²) in [5.74, 6) is 0. The van der Waals surface area contributed by atoms with E-state index in [-0.39, 0.29) is 62.2 Å². The quantitative estimate of drug-likeness (QED) is 0.326. The molecule has 0 heterocycles. The molecule has 0 aromatic rings. The zero-order chi connectivity index (χ0) is 9.66. The Morgan fingerprint density at radius 1 is 1.29 bits per heavy atom. The number of allylic oxidation sites excluding steroid dienone is 1. The van der Waals surface area contributed by atoms with Crippen molar-refractivity contribution in [2.24, 2.45) is 0 Å². The first-order valence-corrected chi connectivity index (χ1v) is 3.95. The van der Waals surface area contributed by atoms with Gasteiger partial charge in [-0.15, -0.1) is 19.7 Å². The van der Waals surface area contributed by atoms with Crippen LogP contribution < -0.4 is 0 Å².